The van der Waals surface area contributed by atoms with Crippen LogP contribution in [-0.2, 0) is 6.54 Å². The molecule has 0 atom stereocenters. The quantitative estimate of drug-likeness (QED) is 0.909. The van der Waals surface area contributed by atoms with Gasteiger partial charge in [0, 0.05) is 24.3 Å². The molecule has 1 aromatic carbocycles. The van der Waals surface area contributed by atoms with E-state index in [0.29, 0.717) is 22.1 Å². The van der Waals surface area contributed by atoms with Crippen LogP contribution in [0.5, 0.6) is 0 Å². The summed E-state index contributed by atoms with van der Waals surface area (Å²) in [7, 11) is 1.61. The first-order chi connectivity index (χ1) is 9.11. The number of nitrogens with one attached hydrogen (secondary N) is 2. The van der Waals surface area contributed by atoms with Gasteiger partial charge >= 0.3 is 0 Å². The highest BCUT2D eigenvalue weighted by atomic mass is 35.5. The van der Waals surface area contributed by atoms with Gasteiger partial charge in [-0.15, -0.1) is 5.10 Å². The lowest BCUT2D eigenvalue weighted by Crippen LogP contribution is -2.20. The number of amides is 1. The van der Waals surface area contributed by atoms with Gasteiger partial charge in [0.15, 0.2) is 0 Å². The van der Waals surface area contributed by atoms with E-state index in [-0.39, 0.29) is 5.91 Å². The molecule has 2 N–H and O–H groups in total. The van der Waals surface area contributed by atoms with Crippen LogP contribution in [0.15, 0.2) is 18.2 Å². The molecule has 5 nitrogen and oxygen atoms in total. The number of carbonyl (C=O) groups excluding carboxylic acids is 1. The van der Waals surface area contributed by atoms with Crippen LogP contribution < -0.4 is 10.6 Å². The Kier molecular flexibility index (Phi) is 4.34. The average Bonchev–Trinajstić information content (AvgIpc) is 2.82. The van der Waals surface area contributed by atoms with Gasteiger partial charge in [0.05, 0.1) is 12.1 Å². The zero-order chi connectivity index (χ0) is 13.8. The predicted octanol–water partition coefficient (Wildman–Crippen LogP) is 2.47. The van der Waals surface area contributed by atoms with E-state index in [1.165, 1.54) is 0 Å². The summed E-state index contributed by atoms with van der Waals surface area (Å²) < 4.78 is 4.32. The molecule has 0 radical (unpaired) electrons. The summed E-state index contributed by atoms with van der Waals surface area (Å²) in [4.78, 5) is 11.8. The molecule has 1 amide bonds. The zero-order valence-corrected chi connectivity index (χ0v) is 12.1. The molecule has 0 unspecified atom stereocenters. The van der Waals surface area contributed by atoms with Crippen molar-refractivity contribution in [2.75, 3.05) is 12.4 Å². The molecule has 0 saturated carbocycles. The van der Waals surface area contributed by atoms with Gasteiger partial charge in [0.2, 0.25) is 0 Å². The molecule has 1 aromatic heterocycles. The lowest BCUT2D eigenvalue weighted by molar-refractivity contribution is 0.0964. The number of aromatic nitrogens is 2. The fourth-order valence-corrected chi connectivity index (χ4v) is 2.24. The molecular formula is C12H13ClN4OS. The van der Waals surface area contributed by atoms with Crippen LogP contribution in [0, 0.1) is 6.92 Å². The lowest BCUT2D eigenvalue weighted by Gasteiger charge is -2.11. The van der Waals surface area contributed by atoms with Crippen LogP contribution in [-0.4, -0.2) is 22.5 Å². The molecule has 0 spiro atoms. The second-order valence-electron chi connectivity index (χ2n) is 3.98. The van der Waals surface area contributed by atoms with E-state index in [0.717, 1.165) is 22.8 Å². The highest BCUT2D eigenvalue weighted by Gasteiger charge is 2.11. The molecule has 0 aliphatic rings. The Hall–Kier alpha value is -1.66. The van der Waals surface area contributed by atoms with Gasteiger partial charge in [-0.3, -0.25) is 4.79 Å². The van der Waals surface area contributed by atoms with Gasteiger partial charge < -0.3 is 10.6 Å². The Morgan fingerprint density at radius 3 is 2.89 bits per heavy atom. The Morgan fingerprint density at radius 1 is 1.47 bits per heavy atom. The highest BCUT2D eigenvalue weighted by Crippen LogP contribution is 2.21. The van der Waals surface area contributed by atoms with E-state index >= 15 is 0 Å². The molecule has 1 heterocycles. The van der Waals surface area contributed by atoms with Crippen LogP contribution in [0.1, 0.15) is 21.6 Å². The topological polar surface area (TPSA) is 66.9 Å². The number of rotatable bonds is 4. The molecule has 0 aliphatic carbocycles. The lowest BCUT2D eigenvalue weighted by atomic mass is 10.1. The van der Waals surface area contributed by atoms with Crippen LogP contribution in [0.2, 0.25) is 4.34 Å². The first kappa shape index (κ1) is 13.8. The smallest absolute Gasteiger partial charge is 0.253 e. The maximum absolute atomic E-state index is 11.8. The summed E-state index contributed by atoms with van der Waals surface area (Å²) in [5, 5.41) is 9.70. The van der Waals surface area contributed by atoms with E-state index in [1.807, 2.05) is 25.1 Å². The second-order valence-corrected chi connectivity index (χ2v) is 5.33. The minimum atomic E-state index is -0.131. The molecule has 0 bridgehead atoms. The van der Waals surface area contributed by atoms with Gasteiger partial charge in [-0.25, -0.2) is 0 Å². The Labute approximate surface area is 120 Å². The molecule has 7 heteroatoms. The third kappa shape index (κ3) is 3.21. The summed E-state index contributed by atoms with van der Waals surface area (Å²) in [5.74, 6) is -0.131. The Morgan fingerprint density at radius 2 is 2.26 bits per heavy atom. The SMILES string of the molecule is CNC(=O)c1cc(C)ccc1NCc1nnsc1Cl. The summed E-state index contributed by atoms with van der Waals surface area (Å²) in [6.45, 7) is 2.37. The van der Waals surface area contributed by atoms with Crippen LogP contribution in [0.4, 0.5) is 5.69 Å². The van der Waals surface area contributed by atoms with Crippen LogP contribution >= 0.6 is 23.1 Å². The second kappa shape index (κ2) is 5.99. The normalized spacial score (nSPS) is 10.3. The number of halogens is 1. The van der Waals surface area contributed by atoms with Crippen molar-refractivity contribution in [3.63, 3.8) is 0 Å². The van der Waals surface area contributed by atoms with E-state index in [9.17, 15) is 4.79 Å². The van der Waals surface area contributed by atoms with Gasteiger partial charge in [0.25, 0.3) is 5.91 Å². The minimum absolute atomic E-state index is 0.131. The van der Waals surface area contributed by atoms with Crippen molar-refractivity contribution in [3.8, 4) is 0 Å². The third-order valence-corrected chi connectivity index (χ3v) is 3.59. The van der Waals surface area contributed by atoms with Gasteiger partial charge in [-0.1, -0.05) is 27.7 Å². The fourth-order valence-electron chi connectivity index (χ4n) is 1.62. The van der Waals surface area contributed by atoms with Gasteiger partial charge in [-0.05, 0) is 19.1 Å². The number of anilines is 1. The summed E-state index contributed by atoms with van der Waals surface area (Å²) in [5.41, 5.74) is 3.04. The molecule has 2 aromatic rings. The largest absolute Gasteiger partial charge is 0.379 e. The summed E-state index contributed by atoms with van der Waals surface area (Å²) >= 11 is 7.08. The number of carbonyl (C=O) groups is 1. The number of hydrogen-bond acceptors (Lipinski definition) is 5. The molecular weight excluding hydrogens is 284 g/mol. The van der Waals surface area contributed by atoms with Gasteiger partial charge in [-0.2, -0.15) is 0 Å². The van der Waals surface area contributed by atoms with Crippen molar-refractivity contribution in [3.05, 3.63) is 39.4 Å². The molecule has 2 rings (SSSR count). The van der Waals surface area contributed by atoms with Crippen LogP contribution in [0.3, 0.4) is 0 Å². The fraction of sp³-hybridized carbons (Fsp3) is 0.250. The number of aryl methyl sites for hydroxylation is 1. The number of nitrogens with zero attached hydrogens (tertiary/aromatic N) is 2. The first-order valence-corrected chi connectivity index (χ1v) is 6.80. The van der Waals surface area contributed by atoms with Crippen molar-refractivity contribution in [1.82, 2.24) is 14.9 Å². The van der Waals surface area contributed by atoms with E-state index in [2.05, 4.69) is 20.2 Å². The van der Waals surface area contributed by atoms with Crippen molar-refractivity contribution in [2.24, 2.45) is 0 Å². The monoisotopic (exact) mass is 296 g/mol. The maximum atomic E-state index is 11.8. The Bertz CT molecular complexity index is 599. The third-order valence-electron chi connectivity index (χ3n) is 2.60. The molecule has 100 valence electrons. The molecule has 0 aliphatic heterocycles. The van der Waals surface area contributed by atoms with E-state index < -0.39 is 0 Å². The maximum Gasteiger partial charge on any atom is 0.253 e. The Balaban J connectivity index is 2.20. The number of hydrogen-bond donors (Lipinski definition) is 2. The van der Waals surface area contributed by atoms with Crippen molar-refractivity contribution in [1.29, 1.82) is 0 Å². The molecule has 19 heavy (non-hydrogen) atoms. The summed E-state index contributed by atoms with van der Waals surface area (Å²) in [6.07, 6.45) is 0. The minimum Gasteiger partial charge on any atom is -0.379 e. The predicted molar refractivity (Wildman–Crippen MR) is 76.8 cm³/mol. The highest BCUT2D eigenvalue weighted by molar-refractivity contribution is 7.10. The molecule has 0 fully saturated rings. The molecule has 0 saturated heterocycles. The first-order valence-electron chi connectivity index (χ1n) is 5.65. The van der Waals surface area contributed by atoms with E-state index in [1.54, 1.807) is 7.05 Å². The van der Waals surface area contributed by atoms with Crippen molar-refractivity contribution in [2.45, 2.75) is 13.5 Å². The van der Waals surface area contributed by atoms with Gasteiger partial charge in [0.1, 0.15) is 10.0 Å². The van der Waals surface area contributed by atoms with Crippen LogP contribution in [0.25, 0.3) is 0 Å². The summed E-state index contributed by atoms with van der Waals surface area (Å²) in [6, 6.07) is 5.64. The zero-order valence-electron chi connectivity index (χ0n) is 10.5. The standard InChI is InChI=1S/C12H13ClN4OS/c1-7-3-4-9(8(5-7)12(18)14-2)15-6-10-11(13)19-17-16-10/h3-5,15H,6H2,1-2H3,(H,14,18). The van der Waals surface area contributed by atoms with Crippen molar-refractivity contribution >= 4 is 34.7 Å². The average molecular weight is 297 g/mol. The van der Waals surface area contributed by atoms with Crippen molar-refractivity contribution < 1.29 is 4.79 Å². The van der Waals surface area contributed by atoms with E-state index in [4.69, 9.17) is 11.6 Å². The number of benzene rings is 1.